The van der Waals surface area contributed by atoms with Gasteiger partial charge in [-0.2, -0.15) is 0 Å². The summed E-state index contributed by atoms with van der Waals surface area (Å²) >= 11 is 0. The highest BCUT2D eigenvalue weighted by molar-refractivity contribution is 5.70. The minimum atomic E-state index is 0.709. The van der Waals surface area contributed by atoms with Gasteiger partial charge < -0.3 is 14.8 Å². The molecule has 0 atom stereocenters. The predicted molar refractivity (Wildman–Crippen MR) is 74.0 cm³/mol. The second-order valence-corrected chi connectivity index (χ2v) is 4.03. The third-order valence-electron chi connectivity index (χ3n) is 2.73. The van der Waals surface area contributed by atoms with E-state index in [9.17, 15) is 0 Å². The van der Waals surface area contributed by atoms with Crippen LogP contribution >= 0.6 is 0 Å². The summed E-state index contributed by atoms with van der Waals surface area (Å²) in [5, 5.41) is 3.32. The summed E-state index contributed by atoms with van der Waals surface area (Å²) < 4.78 is 10.6. The molecule has 1 N–H and O–H groups in total. The number of benzene rings is 2. The monoisotopic (exact) mass is 243 g/mol. The molecule has 2 rings (SSSR count). The topological polar surface area (TPSA) is 30.5 Å². The first-order valence-electron chi connectivity index (χ1n) is 5.79. The van der Waals surface area contributed by atoms with E-state index in [2.05, 4.69) is 24.4 Å². The average Bonchev–Trinajstić information content (AvgIpc) is 2.41. The van der Waals surface area contributed by atoms with E-state index in [-0.39, 0.29) is 0 Å². The number of hydrogen-bond donors (Lipinski definition) is 1. The van der Waals surface area contributed by atoms with Crippen molar-refractivity contribution in [2.45, 2.75) is 6.92 Å². The Bertz CT molecular complexity index is 521. The Morgan fingerprint density at radius 2 is 1.61 bits per heavy atom. The number of para-hydroxylation sites is 1. The van der Waals surface area contributed by atoms with Gasteiger partial charge in [0.2, 0.25) is 0 Å². The predicted octanol–water partition coefficient (Wildman–Crippen LogP) is 3.76. The van der Waals surface area contributed by atoms with Crippen LogP contribution in [0.5, 0.6) is 11.5 Å². The van der Waals surface area contributed by atoms with E-state index in [4.69, 9.17) is 9.47 Å². The summed E-state index contributed by atoms with van der Waals surface area (Å²) in [6.45, 7) is 2.07. The zero-order chi connectivity index (χ0) is 13.0. The van der Waals surface area contributed by atoms with Gasteiger partial charge in [0.05, 0.1) is 19.9 Å². The lowest BCUT2D eigenvalue weighted by Crippen LogP contribution is -1.97. The van der Waals surface area contributed by atoms with Crippen LogP contribution in [0.3, 0.4) is 0 Å². The molecule has 0 heterocycles. The van der Waals surface area contributed by atoms with E-state index in [0.717, 1.165) is 17.1 Å². The van der Waals surface area contributed by atoms with E-state index in [1.807, 2.05) is 30.3 Å². The maximum atomic E-state index is 5.38. The zero-order valence-corrected chi connectivity index (χ0v) is 10.9. The molecule has 94 valence electrons. The van der Waals surface area contributed by atoms with Gasteiger partial charge in [-0.25, -0.2) is 0 Å². The average molecular weight is 243 g/mol. The van der Waals surface area contributed by atoms with Crippen molar-refractivity contribution in [1.82, 2.24) is 0 Å². The summed E-state index contributed by atoms with van der Waals surface area (Å²) in [6, 6.07) is 14.0. The van der Waals surface area contributed by atoms with E-state index in [1.165, 1.54) is 5.56 Å². The first-order valence-corrected chi connectivity index (χ1v) is 5.79. The molecule has 0 spiro atoms. The quantitative estimate of drug-likeness (QED) is 0.887. The molecule has 0 aliphatic rings. The number of aryl methyl sites for hydroxylation is 1. The Morgan fingerprint density at radius 1 is 0.889 bits per heavy atom. The summed E-state index contributed by atoms with van der Waals surface area (Å²) in [7, 11) is 3.27. The molecule has 0 aromatic heterocycles. The molecule has 0 aliphatic carbocycles. The summed E-state index contributed by atoms with van der Waals surface area (Å²) in [4.78, 5) is 0. The second-order valence-electron chi connectivity index (χ2n) is 4.03. The van der Waals surface area contributed by atoms with Crippen molar-refractivity contribution in [3.05, 3.63) is 48.0 Å². The first-order chi connectivity index (χ1) is 8.74. The molecule has 0 radical (unpaired) electrons. The van der Waals surface area contributed by atoms with Crippen molar-refractivity contribution in [3.63, 3.8) is 0 Å². The fourth-order valence-corrected chi connectivity index (χ4v) is 1.78. The Morgan fingerprint density at radius 3 is 2.22 bits per heavy atom. The lowest BCUT2D eigenvalue weighted by Gasteiger charge is -2.14. The van der Waals surface area contributed by atoms with Gasteiger partial charge in [0.1, 0.15) is 0 Å². The number of methoxy groups -OCH3 is 2. The van der Waals surface area contributed by atoms with Crippen LogP contribution in [0.2, 0.25) is 0 Å². The first kappa shape index (κ1) is 12.3. The van der Waals surface area contributed by atoms with Crippen LogP contribution in [0.15, 0.2) is 42.5 Å². The van der Waals surface area contributed by atoms with Crippen LogP contribution in [0.25, 0.3) is 0 Å². The largest absolute Gasteiger partial charge is 0.493 e. The lowest BCUT2D eigenvalue weighted by molar-refractivity contribution is 0.356. The standard InChI is InChI=1S/C15H17NO2/c1-11-7-9-12(10-8-11)16-13-5-4-6-14(17-2)15(13)18-3/h4-10,16H,1-3H3. The molecule has 2 aromatic rings. The minimum Gasteiger partial charge on any atom is -0.493 e. The lowest BCUT2D eigenvalue weighted by atomic mass is 10.2. The number of nitrogens with one attached hydrogen (secondary N) is 1. The maximum absolute atomic E-state index is 5.38. The summed E-state index contributed by atoms with van der Waals surface area (Å²) in [5.41, 5.74) is 3.14. The van der Waals surface area contributed by atoms with Crippen molar-refractivity contribution in [1.29, 1.82) is 0 Å². The van der Waals surface area contributed by atoms with Gasteiger partial charge in [-0.05, 0) is 31.2 Å². The maximum Gasteiger partial charge on any atom is 0.184 e. The molecule has 3 nitrogen and oxygen atoms in total. The summed E-state index contributed by atoms with van der Waals surface area (Å²) in [5.74, 6) is 1.43. The fourth-order valence-electron chi connectivity index (χ4n) is 1.78. The summed E-state index contributed by atoms with van der Waals surface area (Å²) in [6.07, 6.45) is 0. The van der Waals surface area contributed by atoms with Crippen molar-refractivity contribution < 1.29 is 9.47 Å². The highest BCUT2D eigenvalue weighted by Crippen LogP contribution is 2.36. The Kier molecular flexibility index (Phi) is 3.72. The Balaban J connectivity index is 2.31. The Hall–Kier alpha value is -2.16. The van der Waals surface area contributed by atoms with Gasteiger partial charge in [0.25, 0.3) is 0 Å². The van der Waals surface area contributed by atoms with Crippen molar-refractivity contribution in [2.24, 2.45) is 0 Å². The van der Waals surface area contributed by atoms with Crippen LogP contribution in [0.4, 0.5) is 11.4 Å². The van der Waals surface area contributed by atoms with Crippen molar-refractivity contribution in [2.75, 3.05) is 19.5 Å². The molecule has 0 saturated carbocycles. The molecule has 0 amide bonds. The van der Waals surface area contributed by atoms with Crippen molar-refractivity contribution in [3.8, 4) is 11.5 Å². The molecule has 0 fully saturated rings. The highest BCUT2D eigenvalue weighted by Gasteiger charge is 2.09. The van der Waals surface area contributed by atoms with E-state index < -0.39 is 0 Å². The smallest absolute Gasteiger partial charge is 0.184 e. The third kappa shape index (κ3) is 2.56. The molecular weight excluding hydrogens is 226 g/mol. The van der Waals surface area contributed by atoms with Gasteiger partial charge in [-0.1, -0.05) is 23.8 Å². The van der Waals surface area contributed by atoms with Crippen LogP contribution < -0.4 is 14.8 Å². The van der Waals surface area contributed by atoms with Gasteiger partial charge in [-0.3, -0.25) is 0 Å². The van der Waals surface area contributed by atoms with E-state index in [0.29, 0.717) is 5.75 Å². The molecule has 2 aromatic carbocycles. The van der Waals surface area contributed by atoms with Gasteiger partial charge in [0.15, 0.2) is 11.5 Å². The number of rotatable bonds is 4. The highest BCUT2D eigenvalue weighted by atomic mass is 16.5. The van der Waals surface area contributed by atoms with Gasteiger partial charge in [0, 0.05) is 5.69 Å². The third-order valence-corrected chi connectivity index (χ3v) is 2.73. The van der Waals surface area contributed by atoms with E-state index in [1.54, 1.807) is 14.2 Å². The van der Waals surface area contributed by atoms with Gasteiger partial charge >= 0.3 is 0 Å². The van der Waals surface area contributed by atoms with E-state index >= 15 is 0 Å². The molecule has 18 heavy (non-hydrogen) atoms. The Labute approximate surface area is 107 Å². The zero-order valence-electron chi connectivity index (χ0n) is 10.9. The van der Waals surface area contributed by atoms with Crippen molar-refractivity contribution >= 4 is 11.4 Å². The van der Waals surface area contributed by atoms with Crippen LogP contribution in [0, 0.1) is 6.92 Å². The van der Waals surface area contributed by atoms with Crippen LogP contribution in [-0.2, 0) is 0 Å². The molecule has 0 saturated heterocycles. The molecule has 3 heteroatoms. The molecule has 0 aliphatic heterocycles. The second kappa shape index (κ2) is 5.45. The molecular formula is C15H17NO2. The normalized spacial score (nSPS) is 9.94. The minimum absolute atomic E-state index is 0.709. The fraction of sp³-hybridized carbons (Fsp3) is 0.200. The van der Waals surface area contributed by atoms with Gasteiger partial charge in [-0.15, -0.1) is 0 Å². The number of ether oxygens (including phenoxy) is 2. The molecule has 0 unspecified atom stereocenters. The van der Waals surface area contributed by atoms with Crippen LogP contribution in [-0.4, -0.2) is 14.2 Å². The number of hydrogen-bond acceptors (Lipinski definition) is 3. The van der Waals surface area contributed by atoms with Crippen LogP contribution in [0.1, 0.15) is 5.56 Å². The SMILES string of the molecule is COc1cccc(Nc2ccc(C)cc2)c1OC. The number of anilines is 2. The molecule has 0 bridgehead atoms.